The zero-order valence-electron chi connectivity index (χ0n) is 7.60. The van der Waals surface area contributed by atoms with E-state index < -0.39 is 19.5 Å². The summed E-state index contributed by atoms with van der Waals surface area (Å²) in [6, 6.07) is 3.92. The molecular formula is C7H7F3NO3PS. The average molecular weight is 273 g/mol. The summed E-state index contributed by atoms with van der Waals surface area (Å²) in [5.41, 5.74) is -0.812. The lowest BCUT2D eigenvalue weighted by atomic mass is 10.2. The van der Waals surface area contributed by atoms with Crippen LogP contribution in [0, 0.1) is 0 Å². The van der Waals surface area contributed by atoms with Gasteiger partial charge < -0.3 is 9.79 Å². The fourth-order valence-corrected chi connectivity index (χ4v) is 1.99. The first-order chi connectivity index (χ1) is 7.18. The molecule has 0 atom stereocenters. The molecule has 1 aromatic rings. The van der Waals surface area contributed by atoms with E-state index in [9.17, 15) is 17.7 Å². The molecule has 16 heavy (non-hydrogen) atoms. The number of halogens is 3. The van der Waals surface area contributed by atoms with Crippen LogP contribution in [0.25, 0.3) is 0 Å². The predicted molar refractivity (Wildman–Crippen MR) is 52.5 cm³/mol. The van der Waals surface area contributed by atoms with Crippen LogP contribution < -0.4 is 4.49 Å². The minimum atomic E-state index is -4.42. The summed E-state index contributed by atoms with van der Waals surface area (Å²) in [6.45, 7) is 0. The normalized spacial score (nSPS) is 12.8. The molecule has 0 aliphatic heterocycles. The third-order valence-electron chi connectivity index (χ3n) is 1.46. The van der Waals surface area contributed by atoms with Gasteiger partial charge in [0.25, 0.3) is 0 Å². The highest BCUT2D eigenvalue weighted by Crippen LogP contribution is 2.35. The smallest absolute Gasteiger partial charge is 0.312 e. The van der Waals surface area contributed by atoms with E-state index in [1.165, 1.54) is 0 Å². The van der Waals surface area contributed by atoms with Gasteiger partial charge in [0.1, 0.15) is 0 Å². The molecule has 0 heterocycles. The van der Waals surface area contributed by atoms with Crippen LogP contribution >= 0.6 is 19.7 Å². The summed E-state index contributed by atoms with van der Waals surface area (Å²) < 4.78 is 48.7. The fourth-order valence-electron chi connectivity index (χ4n) is 0.824. The van der Waals surface area contributed by atoms with Crippen molar-refractivity contribution >= 4 is 19.7 Å². The number of benzene rings is 1. The Morgan fingerprint density at radius 2 is 1.69 bits per heavy atom. The van der Waals surface area contributed by atoms with E-state index in [4.69, 9.17) is 9.79 Å². The number of nitrogens with one attached hydrogen (secondary N) is 1. The van der Waals surface area contributed by atoms with Crippen LogP contribution in [0.1, 0.15) is 5.56 Å². The highest BCUT2D eigenvalue weighted by molar-refractivity contribution is 8.01. The van der Waals surface area contributed by atoms with Crippen LogP contribution in [0.5, 0.6) is 0 Å². The van der Waals surface area contributed by atoms with Gasteiger partial charge in [0.2, 0.25) is 0 Å². The van der Waals surface area contributed by atoms with E-state index in [0.717, 1.165) is 24.3 Å². The van der Waals surface area contributed by atoms with Gasteiger partial charge in [0.05, 0.1) is 5.56 Å². The van der Waals surface area contributed by atoms with Crippen molar-refractivity contribution in [2.75, 3.05) is 0 Å². The Hall–Kier alpha value is -0.530. The molecule has 4 nitrogen and oxygen atoms in total. The van der Waals surface area contributed by atoms with E-state index in [2.05, 4.69) is 0 Å². The number of alkyl halides is 3. The fraction of sp³-hybridized carbons (Fsp3) is 0.143. The Bertz CT molecular complexity index is 402. The maximum atomic E-state index is 12.1. The third kappa shape index (κ3) is 4.54. The van der Waals surface area contributed by atoms with Crippen LogP contribution in [-0.2, 0) is 10.7 Å². The van der Waals surface area contributed by atoms with Crippen molar-refractivity contribution in [3.63, 3.8) is 0 Å². The van der Waals surface area contributed by atoms with Crippen molar-refractivity contribution < 1.29 is 27.5 Å². The molecule has 3 N–H and O–H groups in total. The van der Waals surface area contributed by atoms with E-state index in [0.29, 0.717) is 11.9 Å². The predicted octanol–water partition coefficient (Wildman–Crippen LogP) is 2.39. The Morgan fingerprint density at radius 3 is 2.06 bits per heavy atom. The topological polar surface area (TPSA) is 69.6 Å². The zero-order chi connectivity index (χ0) is 12.4. The Labute approximate surface area is 93.2 Å². The molecule has 1 rings (SSSR count). The van der Waals surface area contributed by atoms with Crippen molar-refractivity contribution in [2.45, 2.75) is 11.1 Å². The maximum Gasteiger partial charge on any atom is 0.416 e. The summed E-state index contributed by atoms with van der Waals surface area (Å²) in [4.78, 5) is 17.2. The van der Waals surface area contributed by atoms with Gasteiger partial charge in [-0.2, -0.15) is 17.7 Å². The van der Waals surface area contributed by atoms with Gasteiger partial charge in [0, 0.05) is 4.90 Å². The average Bonchev–Trinajstić information content (AvgIpc) is 2.13. The van der Waals surface area contributed by atoms with Gasteiger partial charge in [-0.3, -0.25) is 0 Å². The van der Waals surface area contributed by atoms with Crippen LogP contribution in [0.4, 0.5) is 13.2 Å². The summed E-state index contributed by atoms with van der Waals surface area (Å²) in [7, 11) is -4.38. The summed E-state index contributed by atoms with van der Waals surface area (Å²) >= 11 is 0.566. The van der Waals surface area contributed by atoms with Crippen molar-refractivity contribution in [2.24, 2.45) is 0 Å². The van der Waals surface area contributed by atoms with Crippen molar-refractivity contribution in [3.8, 4) is 0 Å². The molecule has 90 valence electrons. The monoisotopic (exact) mass is 273 g/mol. The van der Waals surface area contributed by atoms with Crippen molar-refractivity contribution in [1.82, 2.24) is 4.49 Å². The van der Waals surface area contributed by atoms with Gasteiger partial charge in [0.15, 0.2) is 0 Å². The van der Waals surface area contributed by atoms with Crippen LogP contribution in [-0.4, -0.2) is 9.79 Å². The summed E-state index contributed by atoms with van der Waals surface area (Å²) in [5, 5.41) is 0. The Balaban J connectivity index is 2.69. The molecule has 0 aliphatic carbocycles. The molecule has 0 unspecified atom stereocenters. The second-order valence-electron chi connectivity index (χ2n) is 2.76. The van der Waals surface area contributed by atoms with E-state index >= 15 is 0 Å². The van der Waals surface area contributed by atoms with Gasteiger partial charge >= 0.3 is 13.9 Å². The first kappa shape index (κ1) is 13.5. The first-order valence-corrected chi connectivity index (χ1v) is 6.28. The summed E-state index contributed by atoms with van der Waals surface area (Å²) in [6.07, 6.45) is -4.42. The third-order valence-corrected chi connectivity index (χ3v) is 3.29. The van der Waals surface area contributed by atoms with Crippen molar-refractivity contribution in [1.29, 1.82) is 0 Å². The minimum absolute atomic E-state index is 0.274. The van der Waals surface area contributed by atoms with Crippen LogP contribution in [0.3, 0.4) is 0 Å². The second-order valence-corrected chi connectivity index (χ2v) is 5.25. The standard InChI is InChI=1S/C7H7F3NO3PS/c8-7(9,10)5-1-3-6(4-2-5)16-11-15(12,13)14/h1-4H,(H3,11,12,13,14). The lowest BCUT2D eigenvalue weighted by molar-refractivity contribution is -0.137. The van der Waals surface area contributed by atoms with Gasteiger partial charge in [-0.15, -0.1) is 0 Å². The molecule has 9 heteroatoms. The van der Waals surface area contributed by atoms with Crippen LogP contribution in [0.2, 0.25) is 0 Å². The molecule has 0 amide bonds. The maximum absolute atomic E-state index is 12.1. The molecule has 0 saturated heterocycles. The lowest BCUT2D eigenvalue weighted by Gasteiger charge is -2.08. The Morgan fingerprint density at radius 1 is 1.19 bits per heavy atom. The second kappa shape index (κ2) is 4.77. The summed E-state index contributed by atoms with van der Waals surface area (Å²) in [5.74, 6) is 0. The van der Waals surface area contributed by atoms with Gasteiger partial charge in [-0.05, 0) is 36.2 Å². The largest absolute Gasteiger partial charge is 0.416 e. The molecule has 0 bridgehead atoms. The SMILES string of the molecule is O=P(O)(O)NSc1ccc(C(F)(F)F)cc1. The molecule has 0 fully saturated rings. The van der Waals surface area contributed by atoms with Gasteiger partial charge in [-0.1, -0.05) is 0 Å². The first-order valence-electron chi connectivity index (χ1n) is 3.85. The number of hydrogen-bond acceptors (Lipinski definition) is 2. The molecule has 0 aliphatic rings. The highest BCUT2D eigenvalue weighted by atomic mass is 32.2. The molecule has 0 spiro atoms. The lowest BCUT2D eigenvalue weighted by Crippen LogP contribution is -2.04. The highest BCUT2D eigenvalue weighted by Gasteiger charge is 2.30. The molecular weight excluding hydrogens is 266 g/mol. The molecule has 0 aromatic heterocycles. The van der Waals surface area contributed by atoms with E-state index in [1.807, 2.05) is 0 Å². The zero-order valence-corrected chi connectivity index (χ0v) is 9.31. The van der Waals surface area contributed by atoms with E-state index in [1.54, 1.807) is 4.49 Å². The quantitative estimate of drug-likeness (QED) is 0.582. The molecule has 0 radical (unpaired) electrons. The van der Waals surface area contributed by atoms with Crippen molar-refractivity contribution in [3.05, 3.63) is 29.8 Å². The Kier molecular flexibility index (Phi) is 4.03. The number of hydrogen-bond donors (Lipinski definition) is 3. The van der Waals surface area contributed by atoms with Crippen LogP contribution in [0.15, 0.2) is 29.2 Å². The number of rotatable bonds is 3. The van der Waals surface area contributed by atoms with Gasteiger partial charge in [-0.25, -0.2) is 4.57 Å². The van der Waals surface area contributed by atoms with E-state index in [-0.39, 0.29) is 4.90 Å². The molecule has 1 aromatic carbocycles. The minimum Gasteiger partial charge on any atom is -0.312 e. The molecule has 0 saturated carbocycles.